The highest BCUT2D eigenvalue weighted by molar-refractivity contribution is 5.92. The minimum Gasteiger partial charge on any atom is -0.486 e. The predicted molar refractivity (Wildman–Crippen MR) is 112 cm³/mol. The van der Waals surface area contributed by atoms with Gasteiger partial charge in [0.05, 0.1) is 17.5 Å². The van der Waals surface area contributed by atoms with Crippen molar-refractivity contribution < 1.29 is 33.3 Å². The highest BCUT2D eigenvalue weighted by Gasteiger charge is 2.40. The molecule has 3 rings (SSSR count). The van der Waals surface area contributed by atoms with E-state index < -0.39 is 30.1 Å². The second-order valence-electron chi connectivity index (χ2n) is 8.90. The number of rotatable bonds is 5. The zero-order chi connectivity index (χ0) is 23.7. The Balaban J connectivity index is 1.87. The number of nitriles is 1. The Morgan fingerprint density at radius 2 is 1.94 bits per heavy atom. The third-order valence-corrected chi connectivity index (χ3v) is 5.22. The number of hydrogen-bond donors (Lipinski definition) is 1. The molecule has 2 aromatic carbocycles. The summed E-state index contributed by atoms with van der Waals surface area (Å²) in [5, 5.41) is 18.2. The zero-order valence-corrected chi connectivity index (χ0v) is 18.3. The minimum absolute atomic E-state index is 0.0327. The van der Waals surface area contributed by atoms with Gasteiger partial charge in [0.15, 0.2) is 6.79 Å². The van der Waals surface area contributed by atoms with Crippen molar-refractivity contribution in [2.24, 2.45) is 0 Å². The van der Waals surface area contributed by atoms with Crippen molar-refractivity contribution in [1.82, 2.24) is 0 Å². The molecule has 0 radical (unpaired) electrons. The molecule has 7 nitrogen and oxygen atoms in total. The summed E-state index contributed by atoms with van der Waals surface area (Å²) < 4.78 is 30.0. The van der Waals surface area contributed by atoms with Gasteiger partial charge in [0.1, 0.15) is 29.0 Å². The summed E-state index contributed by atoms with van der Waals surface area (Å²) in [6, 6.07) is 8.75. The summed E-state index contributed by atoms with van der Waals surface area (Å²) in [6.45, 7) is 7.14. The number of carbonyl (C=O) groups excluding carboxylic acids is 2. The largest absolute Gasteiger partial charge is 0.486 e. The Kier molecular flexibility index (Phi) is 6.24. The fourth-order valence-corrected chi connectivity index (χ4v) is 4.09. The fraction of sp³-hybridized carbons (Fsp3) is 0.375. The van der Waals surface area contributed by atoms with Gasteiger partial charge in [0.2, 0.25) is 0 Å². The van der Waals surface area contributed by atoms with Crippen molar-refractivity contribution in [3.05, 3.63) is 58.4 Å². The number of nitrogens with zero attached hydrogens (tertiary/aromatic N) is 1. The van der Waals surface area contributed by atoms with Crippen LogP contribution in [0.5, 0.6) is 11.5 Å². The summed E-state index contributed by atoms with van der Waals surface area (Å²) in [4.78, 5) is 24.2. The van der Waals surface area contributed by atoms with Crippen molar-refractivity contribution in [3.63, 3.8) is 0 Å². The van der Waals surface area contributed by atoms with Crippen molar-refractivity contribution in [2.75, 3.05) is 6.79 Å². The van der Waals surface area contributed by atoms with Crippen LogP contribution in [0.1, 0.15) is 61.2 Å². The molecule has 1 aliphatic heterocycles. The lowest BCUT2D eigenvalue weighted by Crippen LogP contribution is -2.41. The summed E-state index contributed by atoms with van der Waals surface area (Å²) in [5.41, 5.74) is 0.312. The van der Waals surface area contributed by atoms with E-state index >= 15 is 0 Å². The number of benzene rings is 2. The summed E-state index contributed by atoms with van der Waals surface area (Å²) >= 11 is 0. The molecular weight excluding hydrogens is 417 g/mol. The van der Waals surface area contributed by atoms with Crippen LogP contribution in [0.15, 0.2) is 30.3 Å². The molecule has 0 spiro atoms. The lowest BCUT2D eigenvalue weighted by Gasteiger charge is -2.42. The highest BCUT2D eigenvalue weighted by Crippen LogP contribution is 2.46. The first-order valence-electron chi connectivity index (χ1n) is 10.0. The van der Waals surface area contributed by atoms with Crippen LogP contribution < -0.4 is 9.47 Å². The average molecular weight is 441 g/mol. The average Bonchev–Trinajstić information content (AvgIpc) is 2.68. The molecule has 0 bridgehead atoms. The number of carbonyl (C=O) groups is 2. The fourth-order valence-electron chi connectivity index (χ4n) is 4.09. The quantitative estimate of drug-likeness (QED) is 0.427. The molecular formula is C24H24FNO6. The third-order valence-electron chi connectivity index (χ3n) is 5.22. The van der Waals surface area contributed by atoms with E-state index in [1.54, 1.807) is 6.07 Å². The second-order valence-corrected chi connectivity index (χ2v) is 8.90. The molecule has 0 amide bonds. The molecule has 0 aromatic heterocycles. The molecule has 0 unspecified atom stereocenters. The maximum absolute atomic E-state index is 14.3. The molecule has 0 saturated heterocycles. The predicted octanol–water partition coefficient (Wildman–Crippen LogP) is 3.79. The topological polar surface area (TPSA) is 106 Å². The minimum atomic E-state index is -0.791. The van der Waals surface area contributed by atoms with E-state index in [-0.39, 0.29) is 34.3 Å². The van der Waals surface area contributed by atoms with Gasteiger partial charge in [-0.25, -0.2) is 9.18 Å². The lowest BCUT2D eigenvalue weighted by atomic mass is 9.72. The van der Waals surface area contributed by atoms with Gasteiger partial charge in [-0.05, 0) is 49.4 Å². The molecule has 0 aliphatic carbocycles. The number of ether oxygens (including phenoxy) is 3. The molecule has 2 aromatic rings. The van der Waals surface area contributed by atoms with Gasteiger partial charge in [-0.15, -0.1) is 0 Å². The first-order chi connectivity index (χ1) is 15.0. The third kappa shape index (κ3) is 4.89. The molecule has 168 valence electrons. The molecule has 0 saturated carbocycles. The van der Waals surface area contributed by atoms with Crippen molar-refractivity contribution in [1.29, 1.82) is 5.26 Å². The van der Waals surface area contributed by atoms with Gasteiger partial charge in [-0.1, -0.05) is 19.9 Å². The summed E-state index contributed by atoms with van der Waals surface area (Å²) in [7, 11) is 0. The van der Waals surface area contributed by atoms with Crippen molar-refractivity contribution in [2.45, 2.75) is 51.6 Å². The number of esters is 2. The number of halogens is 1. The Labute approximate surface area is 185 Å². The first-order valence-corrected chi connectivity index (χ1v) is 10.0. The molecule has 1 heterocycles. The number of fused-ring (bicyclic) bond motifs is 1. The SMILES string of the molecule is CC1(C)CC(C)(C)c2cc(C(=O)Oc3ccc(CC(=O)OCO)c(F)c3)cc(C#N)c2O1. The number of aliphatic hydroxyl groups excluding tert-OH is 1. The number of aliphatic hydroxyl groups is 1. The Morgan fingerprint density at radius 3 is 2.56 bits per heavy atom. The normalized spacial score (nSPS) is 15.7. The van der Waals surface area contributed by atoms with E-state index in [2.05, 4.69) is 10.8 Å². The van der Waals surface area contributed by atoms with Crippen molar-refractivity contribution >= 4 is 11.9 Å². The monoisotopic (exact) mass is 441 g/mol. The van der Waals surface area contributed by atoms with Crippen LogP contribution >= 0.6 is 0 Å². The van der Waals surface area contributed by atoms with Crippen LogP contribution in [0.2, 0.25) is 0 Å². The number of hydrogen-bond acceptors (Lipinski definition) is 7. The molecule has 1 aliphatic rings. The second kappa shape index (κ2) is 8.60. The van der Waals surface area contributed by atoms with Gasteiger partial charge in [0.25, 0.3) is 0 Å². The van der Waals surface area contributed by atoms with Gasteiger partial charge >= 0.3 is 11.9 Å². The van der Waals surface area contributed by atoms with Crippen LogP contribution in [-0.2, 0) is 21.4 Å². The van der Waals surface area contributed by atoms with E-state index in [1.165, 1.54) is 18.2 Å². The Morgan fingerprint density at radius 1 is 1.22 bits per heavy atom. The maximum Gasteiger partial charge on any atom is 0.343 e. The molecule has 0 fully saturated rings. The van der Waals surface area contributed by atoms with E-state index in [0.717, 1.165) is 11.6 Å². The maximum atomic E-state index is 14.3. The Bertz CT molecular complexity index is 1120. The lowest BCUT2D eigenvalue weighted by molar-refractivity contribution is -0.150. The van der Waals surface area contributed by atoms with E-state index in [9.17, 15) is 19.2 Å². The van der Waals surface area contributed by atoms with Crippen LogP contribution in [0, 0.1) is 17.1 Å². The summed E-state index contributed by atoms with van der Waals surface area (Å²) in [5.74, 6) is -1.90. The van der Waals surface area contributed by atoms with Gasteiger partial charge in [0, 0.05) is 11.6 Å². The van der Waals surface area contributed by atoms with E-state index in [0.29, 0.717) is 12.2 Å². The standard InChI is InChI=1S/C24H24FNO6/c1-23(2)12-24(3,4)32-21-16(11-26)7-15(8-18(21)23)22(29)31-17-6-5-14(19(25)10-17)9-20(28)30-13-27/h5-8,10,27H,9,12-13H2,1-4H3. The molecule has 0 atom stereocenters. The first kappa shape index (κ1) is 23.2. The molecule has 32 heavy (non-hydrogen) atoms. The van der Waals surface area contributed by atoms with Crippen molar-refractivity contribution in [3.8, 4) is 17.6 Å². The summed E-state index contributed by atoms with van der Waals surface area (Å²) in [6.07, 6.45) is 0.310. The van der Waals surface area contributed by atoms with Crippen LogP contribution in [0.4, 0.5) is 4.39 Å². The van der Waals surface area contributed by atoms with Crippen LogP contribution in [-0.4, -0.2) is 29.4 Å². The van der Waals surface area contributed by atoms with Gasteiger partial charge < -0.3 is 19.3 Å². The van der Waals surface area contributed by atoms with E-state index in [4.69, 9.17) is 14.6 Å². The highest BCUT2D eigenvalue weighted by atomic mass is 19.1. The van der Waals surface area contributed by atoms with E-state index in [1.807, 2.05) is 27.7 Å². The van der Waals surface area contributed by atoms with Gasteiger partial charge in [-0.2, -0.15) is 5.26 Å². The van der Waals surface area contributed by atoms with Gasteiger partial charge in [-0.3, -0.25) is 4.79 Å². The van der Waals surface area contributed by atoms with Crippen LogP contribution in [0.3, 0.4) is 0 Å². The molecule has 1 N–H and O–H groups in total. The smallest absolute Gasteiger partial charge is 0.343 e. The van der Waals surface area contributed by atoms with Crippen LogP contribution in [0.25, 0.3) is 0 Å². The molecule has 8 heteroatoms. The Hall–Kier alpha value is -3.44. The zero-order valence-electron chi connectivity index (χ0n) is 18.3.